The Kier molecular flexibility index (Phi) is 4.56. The Balaban J connectivity index is 1.28. The van der Waals surface area contributed by atoms with Gasteiger partial charge in [0.25, 0.3) is 0 Å². The molecule has 136 valence electrons. The molecule has 4 heterocycles. The average molecular weight is 350 g/mol. The normalized spacial score (nSPS) is 29.1. The second-order valence-corrected chi connectivity index (χ2v) is 7.09. The first-order valence-corrected chi connectivity index (χ1v) is 8.89. The lowest BCUT2D eigenvalue weighted by Crippen LogP contribution is -2.35. The van der Waals surface area contributed by atoms with Crippen LogP contribution in [-0.4, -0.2) is 71.9 Å². The fourth-order valence-corrected chi connectivity index (χ4v) is 3.93. The lowest BCUT2D eigenvalue weighted by molar-refractivity contribution is -0.137. The Morgan fingerprint density at radius 1 is 1.32 bits per heavy atom. The smallest absolute Gasteiger partial charge is 0.248 e. The van der Waals surface area contributed by atoms with Gasteiger partial charge in [0.15, 0.2) is 5.82 Å². The first-order valence-electron chi connectivity index (χ1n) is 8.89. The van der Waals surface area contributed by atoms with Crippen LogP contribution in [-0.2, 0) is 14.3 Å². The van der Waals surface area contributed by atoms with Crippen molar-refractivity contribution in [2.75, 3.05) is 44.3 Å². The molecule has 3 saturated heterocycles. The minimum Gasteiger partial charge on any atom is -0.370 e. The molecule has 0 unspecified atom stereocenters. The number of likely N-dealkylation sites (tertiary alicyclic amines) is 1. The first-order chi connectivity index (χ1) is 12.1. The van der Waals surface area contributed by atoms with Crippen molar-refractivity contribution in [1.29, 1.82) is 0 Å². The van der Waals surface area contributed by atoms with Gasteiger partial charge in [-0.1, -0.05) is 0 Å². The summed E-state index contributed by atoms with van der Waals surface area (Å²) in [4.78, 5) is 24.0. The van der Waals surface area contributed by atoms with E-state index in [1.54, 1.807) is 0 Å². The molecule has 1 amide bonds. The van der Waals surface area contributed by atoms with Gasteiger partial charge in [-0.15, -0.1) is 0 Å². The predicted molar refractivity (Wildman–Crippen MR) is 87.7 cm³/mol. The van der Waals surface area contributed by atoms with Crippen LogP contribution in [0, 0.1) is 5.82 Å². The summed E-state index contributed by atoms with van der Waals surface area (Å²) in [5.74, 6) is 0.160. The molecule has 1 aromatic heterocycles. The van der Waals surface area contributed by atoms with E-state index in [0.29, 0.717) is 19.1 Å². The fraction of sp³-hybridized carbons (Fsp3) is 0.706. The number of hydrogen-bond donors (Lipinski definition) is 0. The van der Waals surface area contributed by atoms with Gasteiger partial charge in [-0.2, -0.15) is 0 Å². The van der Waals surface area contributed by atoms with E-state index < -0.39 is 5.82 Å². The number of nitrogens with zero attached hydrogens (tertiary/aromatic N) is 4. The van der Waals surface area contributed by atoms with Crippen molar-refractivity contribution in [3.05, 3.63) is 18.2 Å². The maximum Gasteiger partial charge on any atom is 0.248 e. The van der Waals surface area contributed by atoms with Crippen molar-refractivity contribution >= 4 is 11.9 Å². The highest BCUT2D eigenvalue weighted by molar-refractivity contribution is 5.77. The van der Waals surface area contributed by atoms with E-state index in [-0.39, 0.29) is 24.2 Å². The fourth-order valence-electron chi connectivity index (χ4n) is 3.93. The quantitative estimate of drug-likeness (QED) is 0.807. The van der Waals surface area contributed by atoms with Crippen molar-refractivity contribution in [2.24, 2.45) is 0 Å². The van der Waals surface area contributed by atoms with Gasteiger partial charge in [0.2, 0.25) is 11.9 Å². The zero-order valence-corrected chi connectivity index (χ0v) is 14.2. The summed E-state index contributed by atoms with van der Waals surface area (Å²) in [5.41, 5.74) is -0.279. The van der Waals surface area contributed by atoms with Crippen LogP contribution in [0.1, 0.15) is 25.7 Å². The summed E-state index contributed by atoms with van der Waals surface area (Å²) in [6.45, 7) is 3.77. The van der Waals surface area contributed by atoms with E-state index in [1.807, 2.05) is 9.80 Å². The second kappa shape index (κ2) is 6.84. The van der Waals surface area contributed by atoms with Crippen LogP contribution < -0.4 is 4.90 Å². The molecule has 0 saturated carbocycles. The van der Waals surface area contributed by atoms with E-state index >= 15 is 0 Å². The van der Waals surface area contributed by atoms with Gasteiger partial charge in [0.1, 0.15) is 6.61 Å². The van der Waals surface area contributed by atoms with Crippen molar-refractivity contribution < 1.29 is 18.7 Å². The Hall–Kier alpha value is -1.80. The highest BCUT2D eigenvalue weighted by Gasteiger charge is 2.46. The molecular weight excluding hydrogens is 327 g/mol. The zero-order chi connectivity index (χ0) is 17.3. The number of aromatic nitrogens is 2. The van der Waals surface area contributed by atoms with Crippen LogP contribution in [0.3, 0.4) is 0 Å². The van der Waals surface area contributed by atoms with E-state index in [4.69, 9.17) is 9.47 Å². The molecule has 8 heteroatoms. The topological polar surface area (TPSA) is 67.8 Å². The highest BCUT2D eigenvalue weighted by Crippen LogP contribution is 2.37. The van der Waals surface area contributed by atoms with Crippen LogP contribution in [0.4, 0.5) is 10.3 Å². The van der Waals surface area contributed by atoms with E-state index in [0.717, 1.165) is 45.3 Å². The van der Waals surface area contributed by atoms with Gasteiger partial charge < -0.3 is 19.3 Å². The van der Waals surface area contributed by atoms with E-state index in [2.05, 4.69) is 9.97 Å². The Labute approximate surface area is 146 Å². The third-order valence-corrected chi connectivity index (χ3v) is 5.28. The third-order valence-electron chi connectivity index (χ3n) is 5.28. The molecule has 2 atom stereocenters. The highest BCUT2D eigenvalue weighted by atomic mass is 19.1. The van der Waals surface area contributed by atoms with Crippen molar-refractivity contribution in [2.45, 2.75) is 37.4 Å². The number of anilines is 1. The number of halogens is 1. The van der Waals surface area contributed by atoms with Crippen LogP contribution in [0.2, 0.25) is 0 Å². The number of ether oxygens (including phenoxy) is 2. The van der Waals surface area contributed by atoms with Crippen LogP contribution in [0.5, 0.6) is 0 Å². The third kappa shape index (κ3) is 3.59. The largest absolute Gasteiger partial charge is 0.370 e. The Morgan fingerprint density at radius 3 is 2.84 bits per heavy atom. The summed E-state index contributed by atoms with van der Waals surface area (Å²) in [6, 6.07) is 0. The van der Waals surface area contributed by atoms with E-state index in [9.17, 15) is 9.18 Å². The van der Waals surface area contributed by atoms with Crippen molar-refractivity contribution in [1.82, 2.24) is 14.9 Å². The summed E-state index contributed by atoms with van der Waals surface area (Å²) in [6.07, 6.45) is 6.09. The Bertz CT molecular complexity index is 623. The summed E-state index contributed by atoms with van der Waals surface area (Å²) in [7, 11) is 0. The maximum absolute atomic E-state index is 13.0. The minimum absolute atomic E-state index is 0.0550. The standard InChI is InChI=1S/C17H23FN4O3/c18-13-8-19-16(20-9-13)22-6-3-17(12-22)7-14(10-25-17)24-11-15(23)21-4-1-2-5-21/h8-9,14H,1-7,10-12H2/t14-,17-/m0/s1. The number of rotatable bonds is 4. The zero-order valence-electron chi connectivity index (χ0n) is 14.2. The predicted octanol–water partition coefficient (Wildman–Crippen LogP) is 0.992. The molecule has 4 rings (SSSR count). The number of carbonyl (C=O) groups is 1. The molecule has 3 fully saturated rings. The SMILES string of the molecule is O=C(CO[C@@H]1CO[C@@]2(CCN(c3ncc(F)cn3)C2)C1)N1CCCC1. The Morgan fingerprint density at radius 2 is 2.08 bits per heavy atom. The summed E-state index contributed by atoms with van der Waals surface area (Å²) < 4.78 is 24.8. The molecule has 3 aliphatic heterocycles. The van der Waals surface area contributed by atoms with Crippen LogP contribution >= 0.6 is 0 Å². The van der Waals surface area contributed by atoms with Gasteiger partial charge in [-0.3, -0.25) is 4.79 Å². The molecule has 0 aromatic carbocycles. The number of hydrogen-bond acceptors (Lipinski definition) is 6. The molecule has 7 nitrogen and oxygen atoms in total. The maximum atomic E-state index is 13.0. The summed E-state index contributed by atoms with van der Waals surface area (Å²) in [5, 5.41) is 0. The molecule has 1 aromatic rings. The van der Waals surface area contributed by atoms with Crippen molar-refractivity contribution in [3.8, 4) is 0 Å². The van der Waals surface area contributed by atoms with Gasteiger partial charge in [0, 0.05) is 26.1 Å². The van der Waals surface area contributed by atoms with E-state index in [1.165, 1.54) is 12.4 Å². The molecule has 1 spiro atoms. The molecule has 0 bridgehead atoms. The molecule has 0 radical (unpaired) electrons. The molecule has 0 N–H and O–H groups in total. The van der Waals surface area contributed by atoms with Gasteiger partial charge >= 0.3 is 0 Å². The van der Waals surface area contributed by atoms with Crippen LogP contribution in [0.25, 0.3) is 0 Å². The molecule has 0 aliphatic carbocycles. The van der Waals surface area contributed by atoms with Gasteiger partial charge in [-0.05, 0) is 19.3 Å². The molecule has 25 heavy (non-hydrogen) atoms. The second-order valence-electron chi connectivity index (χ2n) is 7.09. The number of amides is 1. The summed E-state index contributed by atoms with van der Waals surface area (Å²) >= 11 is 0. The monoisotopic (exact) mass is 350 g/mol. The average Bonchev–Trinajstić information content (AvgIpc) is 3.36. The first kappa shape index (κ1) is 16.7. The van der Waals surface area contributed by atoms with Crippen molar-refractivity contribution in [3.63, 3.8) is 0 Å². The number of carbonyl (C=O) groups excluding carboxylic acids is 1. The van der Waals surface area contributed by atoms with Crippen LogP contribution in [0.15, 0.2) is 12.4 Å². The van der Waals surface area contributed by atoms with Gasteiger partial charge in [0.05, 0.1) is 37.3 Å². The lowest BCUT2D eigenvalue weighted by atomic mass is 9.98. The van der Waals surface area contributed by atoms with Gasteiger partial charge in [-0.25, -0.2) is 14.4 Å². The lowest BCUT2D eigenvalue weighted by Gasteiger charge is -2.23. The molecular formula is C17H23FN4O3. The minimum atomic E-state index is -0.439. The molecule has 3 aliphatic rings.